The predicted molar refractivity (Wildman–Crippen MR) is 66.7 cm³/mol. The average Bonchev–Trinajstić information content (AvgIpc) is 2.19. The highest BCUT2D eigenvalue weighted by molar-refractivity contribution is 9.09. The molecular weight excluding hydrogens is 254 g/mol. The molecule has 0 aliphatic rings. The molecule has 0 radical (unpaired) electrons. The van der Waals surface area contributed by atoms with Crippen molar-refractivity contribution in [2.24, 2.45) is 5.92 Å². The van der Waals surface area contributed by atoms with Gasteiger partial charge in [-0.05, 0) is 18.9 Å². The van der Waals surface area contributed by atoms with Crippen LogP contribution in [0.1, 0.15) is 19.4 Å². The van der Waals surface area contributed by atoms with Crippen molar-refractivity contribution >= 4 is 21.6 Å². The van der Waals surface area contributed by atoms with Crippen molar-refractivity contribution in [3.63, 3.8) is 0 Å². The summed E-state index contributed by atoms with van der Waals surface area (Å²) in [4.78, 5) is 0.386. The normalized spacial score (nSPS) is 12.9. The Morgan fingerprint density at radius 3 is 2.67 bits per heavy atom. The fraction of sp³-hybridized carbons (Fsp3) is 0.500. The predicted octanol–water partition coefficient (Wildman–Crippen LogP) is 2.90. The van der Waals surface area contributed by atoms with E-state index in [2.05, 4.69) is 35.1 Å². The molecule has 0 saturated carbocycles. The number of rotatable bonds is 4. The monoisotopic (exact) mass is 270 g/mol. The minimum atomic E-state index is 0.0981. The van der Waals surface area contributed by atoms with E-state index in [1.165, 1.54) is 0 Å². The highest BCUT2D eigenvalue weighted by Gasteiger charge is 2.08. The van der Waals surface area contributed by atoms with E-state index in [-0.39, 0.29) is 5.75 Å². The van der Waals surface area contributed by atoms with Gasteiger partial charge in [-0.15, -0.1) is 0 Å². The number of halogens is 1. The molecule has 2 nitrogen and oxygen atoms in total. The van der Waals surface area contributed by atoms with Gasteiger partial charge in [0, 0.05) is 17.1 Å². The van der Waals surface area contributed by atoms with Gasteiger partial charge in [-0.3, -0.25) is 0 Å². The lowest BCUT2D eigenvalue weighted by molar-refractivity contribution is -0.267. The smallest absolute Gasteiger partial charge is 0.0341 e. The third-order valence-corrected chi connectivity index (χ3v) is 3.80. The Morgan fingerprint density at radius 1 is 1.40 bits per heavy atom. The lowest BCUT2D eigenvalue weighted by Gasteiger charge is -2.20. The number of benzene rings is 1. The number of anilines is 1. The van der Waals surface area contributed by atoms with Gasteiger partial charge in [-0.2, -0.15) is 0 Å². The standard InChI is InChI=1S/C12H18BrNO/c1-8(2)10(13)7-14-11-6-4-5-9(3)12(11)15/h4-6,8,10,14-15H,7H2,1-3H3/p-1. The molecular formula is C12H17BrNO-. The number of aryl methyl sites for hydroxylation is 1. The zero-order valence-corrected chi connectivity index (χ0v) is 11.0. The molecule has 1 N–H and O–H groups in total. The van der Waals surface area contributed by atoms with E-state index in [4.69, 9.17) is 0 Å². The van der Waals surface area contributed by atoms with Crippen molar-refractivity contribution in [2.45, 2.75) is 25.6 Å². The van der Waals surface area contributed by atoms with E-state index in [0.717, 1.165) is 12.1 Å². The summed E-state index contributed by atoms with van der Waals surface area (Å²) in [7, 11) is 0. The SMILES string of the molecule is Cc1cccc(NCC(Br)C(C)C)c1[O-]. The molecule has 1 rings (SSSR count). The van der Waals surface area contributed by atoms with Crippen molar-refractivity contribution in [3.8, 4) is 5.75 Å². The second kappa shape index (κ2) is 5.40. The van der Waals surface area contributed by atoms with Gasteiger partial charge in [0.1, 0.15) is 0 Å². The summed E-state index contributed by atoms with van der Waals surface area (Å²) in [6, 6.07) is 5.56. The minimum Gasteiger partial charge on any atom is -0.871 e. The van der Waals surface area contributed by atoms with Crippen LogP contribution in [0, 0.1) is 12.8 Å². The van der Waals surface area contributed by atoms with Gasteiger partial charge in [0.15, 0.2) is 0 Å². The molecule has 0 amide bonds. The molecule has 1 unspecified atom stereocenters. The number of hydrogen-bond donors (Lipinski definition) is 1. The fourth-order valence-corrected chi connectivity index (χ4v) is 1.40. The van der Waals surface area contributed by atoms with E-state index < -0.39 is 0 Å². The van der Waals surface area contributed by atoms with Crippen molar-refractivity contribution in [3.05, 3.63) is 23.8 Å². The minimum absolute atomic E-state index is 0.0981. The summed E-state index contributed by atoms with van der Waals surface area (Å²) < 4.78 is 0. The molecule has 1 aromatic rings. The van der Waals surface area contributed by atoms with E-state index in [1.54, 1.807) is 0 Å². The van der Waals surface area contributed by atoms with E-state index in [1.807, 2.05) is 25.1 Å². The van der Waals surface area contributed by atoms with Crippen molar-refractivity contribution < 1.29 is 5.11 Å². The summed E-state index contributed by atoms with van der Waals surface area (Å²) in [6.45, 7) is 6.91. The van der Waals surface area contributed by atoms with Crippen LogP contribution in [0.4, 0.5) is 5.69 Å². The highest BCUT2D eigenvalue weighted by atomic mass is 79.9. The summed E-state index contributed by atoms with van der Waals surface area (Å²) in [5.74, 6) is 0.651. The quantitative estimate of drug-likeness (QED) is 0.854. The Hall–Kier alpha value is -0.700. The van der Waals surface area contributed by atoms with Crippen LogP contribution in [0.25, 0.3) is 0 Å². The zero-order valence-electron chi connectivity index (χ0n) is 9.38. The molecule has 84 valence electrons. The first-order chi connectivity index (χ1) is 7.02. The first-order valence-corrected chi connectivity index (χ1v) is 6.08. The Balaban J connectivity index is 2.62. The van der Waals surface area contributed by atoms with E-state index in [9.17, 15) is 5.11 Å². The maximum atomic E-state index is 11.7. The van der Waals surface area contributed by atoms with E-state index in [0.29, 0.717) is 16.4 Å². The molecule has 0 aromatic heterocycles. The van der Waals surface area contributed by atoms with Gasteiger partial charge in [-0.1, -0.05) is 53.2 Å². The molecule has 0 aliphatic carbocycles. The van der Waals surface area contributed by atoms with E-state index >= 15 is 0 Å². The Bertz CT molecular complexity index is 325. The lowest BCUT2D eigenvalue weighted by atomic mass is 10.1. The maximum Gasteiger partial charge on any atom is 0.0341 e. The van der Waals surface area contributed by atoms with Crippen LogP contribution >= 0.6 is 15.9 Å². The summed E-state index contributed by atoms with van der Waals surface area (Å²) in [5.41, 5.74) is 1.48. The van der Waals surface area contributed by atoms with Gasteiger partial charge in [0.25, 0.3) is 0 Å². The second-order valence-corrected chi connectivity index (χ2v) is 5.27. The van der Waals surface area contributed by atoms with Gasteiger partial charge < -0.3 is 10.4 Å². The zero-order chi connectivity index (χ0) is 11.4. The number of para-hydroxylation sites is 1. The molecule has 1 aromatic carbocycles. The highest BCUT2D eigenvalue weighted by Crippen LogP contribution is 2.24. The molecule has 3 heteroatoms. The van der Waals surface area contributed by atoms with Crippen molar-refractivity contribution in [1.29, 1.82) is 0 Å². The van der Waals surface area contributed by atoms with Gasteiger partial charge in [0.2, 0.25) is 0 Å². The Morgan fingerprint density at radius 2 is 2.07 bits per heavy atom. The van der Waals surface area contributed by atoms with Crippen LogP contribution in [0.2, 0.25) is 0 Å². The molecule has 0 heterocycles. The molecule has 0 bridgehead atoms. The van der Waals surface area contributed by atoms with Crippen molar-refractivity contribution in [2.75, 3.05) is 11.9 Å². The van der Waals surface area contributed by atoms with Crippen LogP contribution in [0.5, 0.6) is 5.75 Å². The van der Waals surface area contributed by atoms with Crippen LogP contribution in [-0.2, 0) is 0 Å². The number of hydrogen-bond acceptors (Lipinski definition) is 2. The average molecular weight is 271 g/mol. The first-order valence-electron chi connectivity index (χ1n) is 5.17. The third kappa shape index (κ3) is 3.42. The van der Waals surface area contributed by atoms with Gasteiger partial charge >= 0.3 is 0 Å². The fourth-order valence-electron chi connectivity index (χ4n) is 1.23. The molecule has 0 saturated heterocycles. The lowest BCUT2D eigenvalue weighted by Crippen LogP contribution is -2.19. The maximum absolute atomic E-state index is 11.7. The first kappa shape index (κ1) is 12.4. The summed E-state index contributed by atoms with van der Waals surface area (Å²) >= 11 is 3.58. The molecule has 1 atom stereocenters. The summed E-state index contributed by atoms with van der Waals surface area (Å²) in [5, 5.41) is 14.8. The Labute approximate surface area is 99.8 Å². The number of nitrogens with one attached hydrogen (secondary N) is 1. The summed E-state index contributed by atoms with van der Waals surface area (Å²) in [6.07, 6.45) is 0. The molecule has 15 heavy (non-hydrogen) atoms. The van der Waals surface area contributed by atoms with Crippen LogP contribution in [0.15, 0.2) is 18.2 Å². The third-order valence-electron chi connectivity index (χ3n) is 2.42. The van der Waals surface area contributed by atoms with Crippen LogP contribution < -0.4 is 10.4 Å². The largest absolute Gasteiger partial charge is 0.871 e. The van der Waals surface area contributed by atoms with Crippen LogP contribution in [-0.4, -0.2) is 11.4 Å². The van der Waals surface area contributed by atoms with Gasteiger partial charge in [0.05, 0.1) is 0 Å². The Kier molecular flexibility index (Phi) is 4.45. The molecule has 0 fully saturated rings. The van der Waals surface area contributed by atoms with Crippen molar-refractivity contribution in [1.82, 2.24) is 0 Å². The molecule has 0 spiro atoms. The second-order valence-electron chi connectivity index (χ2n) is 4.09. The molecule has 0 aliphatic heterocycles. The van der Waals surface area contributed by atoms with Gasteiger partial charge in [-0.25, -0.2) is 0 Å². The number of alkyl halides is 1. The van der Waals surface area contributed by atoms with Crippen LogP contribution in [0.3, 0.4) is 0 Å². The topological polar surface area (TPSA) is 35.1 Å².